The second kappa shape index (κ2) is 9.61. The average Bonchev–Trinajstić information content (AvgIpc) is 3.38. The van der Waals surface area contributed by atoms with E-state index in [9.17, 15) is 18.0 Å². The number of hydrogen-bond acceptors (Lipinski definition) is 7. The van der Waals surface area contributed by atoms with Crippen LogP contribution >= 0.6 is 0 Å². The highest BCUT2D eigenvalue weighted by Gasteiger charge is 2.48. The smallest absolute Gasteiger partial charge is 0.291 e. The first-order chi connectivity index (χ1) is 17.3. The predicted octanol–water partition coefficient (Wildman–Crippen LogP) is 4.10. The van der Waals surface area contributed by atoms with Gasteiger partial charge in [-0.25, -0.2) is 8.42 Å². The molecule has 1 fully saturated rings. The van der Waals surface area contributed by atoms with Gasteiger partial charge in [0.25, 0.3) is 5.91 Å². The van der Waals surface area contributed by atoms with E-state index >= 15 is 0 Å². The lowest BCUT2D eigenvalue weighted by Gasteiger charge is -2.30. The lowest BCUT2D eigenvalue weighted by molar-refractivity contribution is 0.0662. The molecule has 3 aromatic rings. The summed E-state index contributed by atoms with van der Waals surface area (Å²) in [5.41, 5.74) is 0.878. The summed E-state index contributed by atoms with van der Waals surface area (Å²) >= 11 is 0. The zero-order valence-corrected chi connectivity index (χ0v) is 21.2. The zero-order valence-electron chi connectivity index (χ0n) is 20.4. The van der Waals surface area contributed by atoms with Gasteiger partial charge in [0, 0.05) is 6.04 Å². The minimum atomic E-state index is -3.28. The van der Waals surface area contributed by atoms with Gasteiger partial charge in [-0.2, -0.15) is 0 Å². The van der Waals surface area contributed by atoms with Gasteiger partial charge in [-0.3, -0.25) is 9.59 Å². The number of para-hydroxylation sites is 1. The molecule has 2 aliphatic rings. The van der Waals surface area contributed by atoms with Gasteiger partial charge in [0.1, 0.15) is 5.58 Å². The van der Waals surface area contributed by atoms with Crippen LogP contribution in [0.25, 0.3) is 11.0 Å². The first-order valence-corrected chi connectivity index (χ1v) is 14.1. The molecule has 0 aliphatic carbocycles. The molecular formula is C27H29NO7S. The summed E-state index contributed by atoms with van der Waals surface area (Å²) in [5.74, 6) is 0.399. The highest BCUT2D eigenvalue weighted by atomic mass is 32.2. The van der Waals surface area contributed by atoms with E-state index in [1.807, 2.05) is 0 Å². The van der Waals surface area contributed by atoms with Gasteiger partial charge in [0.2, 0.25) is 5.76 Å². The number of carbonyl (C=O) groups excluding carboxylic acids is 1. The first kappa shape index (κ1) is 24.4. The van der Waals surface area contributed by atoms with E-state index < -0.39 is 27.8 Å². The normalized spacial score (nSPS) is 20.6. The van der Waals surface area contributed by atoms with Gasteiger partial charge in [-0.15, -0.1) is 0 Å². The Morgan fingerprint density at radius 1 is 1.08 bits per heavy atom. The minimum Gasteiger partial charge on any atom is -0.493 e. The van der Waals surface area contributed by atoms with Crippen LogP contribution in [-0.4, -0.2) is 50.5 Å². The molecule has 36 heavy (non-hydrogen) atoms. The van der Waals surface area contributed by atoms with Crippen LogP contribution in [0, 0.1) is 0 Å². The number of methoxy groups -OCH3 is 1. The summed E-state index contributed by atoms with van der Waals surface area (Å²) in [7, 11) is -1.74. The van der Waals surface area contributed by atoms with Crippen molar-refractivity contribution in [1.82, 2.24) is 4.90 Å². The number of unbranched alkanes of at least 4 members (excludes halogenated alkanes) is 2. The fourth-order valence-corrected chi connectivity index (χ4v) is 6.85. The van der Waals surface area contributed by atoms with E-state index in [-0.39, 0.29) is 28.3 Å². The summed E-state index contributed by atoms with van der Waals surface area (Å²) in [6.07, 6.45) is 3.37. The first-order valence-electron chi connectivity index (χ1n) is 12.2. The fraction of sp³-hybridized carbons (Fsp3) is 0.407. The molecule has 0 bridgehead atoms. The predicted molar refractivity (Wildman–Crippen MR) is 136 cm³/mol. The average molecular weight is 512 g/mol. The monoisotopic (exact) mass is 511 g/mol. The van der Waals surface area contributed by atoms with Crippen molar-refractivity contribution in [2.45, 2.75) is 44.7 Å². The number of benzene rings is 2. The molecule has 8 nitrogen and oxygen atoms in total. The molecule has 0 radical (unpaired) electrons. The number of nitrogens with zero attached hydrogens (tertiary/aromatic N) is 1. The van der Waals surface area contributed by atoms with Gasteiger partial charge in [0.15, 0.2) is 26.8 Å². The number of hydrogen-bond donors (Lipinski definition) is 0. The van der Waals surface area contributed by atoms with Gasteiger partial charge < -0.3 is 18.8 Å². The summed E-state index contributed by atoms with van der Waals surface area (Å²) in [5, 5.41) is 0.373. The van der Waals surface area contributed by atoms with Gasteiger partial charge in [-0.05, 0) is 42.7 Å². The number of fused-ring (bicyclic) bond motifs is 2. The Hall–Kier alpha value is -3.33. The highest BCUT2D eigenvalue weighted by molar-refractivity contribution is 7.91. The maximum Gasteiger partial charge on any atom is 0.291 e. The summed E-state index contributed by atoms with van der Waals surface area (Å²) in [4.78, 5) is 28.8. The Kier molecular flexibility index (Phi) is 6.51. The Bertz CT molecular complexity index is 1480. The van der Waals surface area contributed by atoms with Gasteiger partial charge >= 0.3 is 0 Å². The molecule has 2 aromatic carbocycles. The van der Waals surface area contributed by atoms with Gasteiger partial charge in [-0.1, -0.05) is 38.0 Å². The standard InChI is InChI=1S/C27H29NO7S/c1-3-4-7-13-34-21-11-10-17(15-22(21)33-2)24-23-25(29)19-8-5-6-9-20(19)35-26(23)27(30)28(24)18-12-14-36(31,32)16-18/h5-6,8-11,15,18,24H,3-4,7,12-14,16H2,1-2H3/t18-,24-/m1/s1. The summed E-state index contributed by atoms with van der Waals surface area (Å²) in [6.45, 7) is 2.67. The van der Waals surface area contributed by atoms with E-state index in [1.165, 1.54) is 12.0 Å². The van der Waals surface area contributed by atoms with Crippen molar-refractivity contribution in [2.24, 2.45) is 0 Å². The fourth-order valence-electron chi connectivity index (χ4n) is 5.14. The molecule has 3 heterocycles. The van der Waals surface area contributed by atoms with E-state index in [2.05, 4.69) is 6.92 Å². The second-order valence-corrected chi connectivity index (χ2v) is 11.5. The number of amides is 1. The molecule has 2 atom stereocenters. The molecule has 0 spiro atoms. The molecule has 9 heteroatoms. The van der Waals surface area contributed by atoms with Crippen LogP contribution in [0.4, 0.5) is 0 Å². The topological polar surface area (TPSA) is 103 Å². The maximum absolute atomic E-state index is 13.6. The van der Waals surface area contributed by atoms with Crippen LogP contribution in [-0.2, 0) is 9.84 Å². The third-order valence-electron chi connectivity index (χ3n) is 6.92. The highest BCUT2D eigenvalue weighted by Crippen LogP contribution is 2.43. The second-order valence-electron chi connectivity index (χ2n) is 9.31. The van der Waals surface area contributed by atoms with Crippen molar-refractivity contribution in [3.63, 3.8) is 0 Å². The number of sulfone groups is 1. The van der Waals surface area contributed by atoms with Crippen molar-refractivity contribution in [3.05, 3.63) is 69.6 Å². The molecule has 1 aromatic heterocycles. The minimum absolute atomic E-state index is 0.00171. The van der Waals surface area contributed by atoms with Crippen LogP contribution in [0.2, 0.25) is 0 Å². The molecule has 2 aliphatic heterocycles. The van der Waals surface area contributed by atoms with Crippen LogP contribution in [0.5, 0.6) is 11.5 Å². The molecule has 1 amide bonds. The molecule has 0 unspecified atom stereocenters. The van der Waals surface area contributed by atoms with Crippen molar-refractivity contribution in [3.8, 4) is 11.5 Å². The van der Waals surface area contributed by atoms with E-state index in [1.54, 1.807) is 42.5 Å². The lowest BCUT2D eigenvalue weighted by atomic mass is 9.97. The number of ether oxygens (including phenoxy) is 2. The van der Waals surface area contributed by atoms with Crippen molar-refractivity contribution < 1.29 is 27.1 Å². The molecule has 190 valence electrons. The Morgan fingerprint density at radius 3 is 2.61 bits per heavy atom. The number of carbonyl (C=O) groups is 1. The van der Waals surface area contributed by atoms with E-state index in [0.29, 0.717) is 41.1 Å². The lowest BCUT2D eigenvalue weighted by Crippen LogP contribution is -2.40. The van der Waals surface area contributed by atoms with Crippen molar-refractivity contribution in [1.29, 1.82) is 0 Å². The third-order valence-corrected chi connectivity index (χ3v) is 8.67. The van der Waals surface area contributed by atoms with E-state index in [4.69, 9.17) is 13.9 Å². The quantitative estimate of drug-likeness (QED) is 0.420. The Balaban J connectivity index is 1.63. The Labute approximate surface area is 209 Å². The Morgan fingerprint density at radius 2 is 1.89 bits per heavy atom. The van der Waals surface area contributed by atoms with E-state index in [0.717, 1.165) is 19.3 Å². The van der Waals surface area contributed by atoms with Crippen LogP contribution in [0.3, 0.4) is 0 Å². The largest absolute Gasteiger partial charge is 0.493 e. The van der Waals surface area contributed by atoms with Crippen LogP contribution in [0.1, 0.15) is 60.3 Å². The molecule has 5 rings (SSSR count). The third kappa shape index (κ3) is 4.25. The number of rotatable bonds is 8. The summed E-state index contributed by atoms with van der Waals surface area (Å²) < 4.78 is 42.1. The SMILES string of the molecule is CCCCCOc1ccc([C@@H]2c3c(oc4ccccc4c3=O)C(=O)N2[C@@H]2CCS(=O)(=O)C2)cc1OC. The van der Waals surface area contributed by atoms with Gasteiger partial charge in [0.05, 0.1) is 42.2 Å². The maximum atomic E-state index is 13.6. The van der Waals surface area contributed by atoms with Crippen LogP contribution < -0.4 is 14.9 Å². The van der Waals surface area contributed by atoms with Crippen molar-refractivity contribution in [2.75, 3.05) is 25.2 Å². The van der Waals surface area contributed by atoms with Crippen molar-refractivity contribution >= 4 is 26.7 Å². The molecule has 1 saturated heterocycles. The summed E-state index contributed by atoms with van der Waals surface area (Å²) in [6, 6.07) is 10.8. The zero-order chi connectivity index (χ0) is 25.4. The molecule has 0 saturated carbocycles. The van der Waals surface area contributed by atoms with Crippen LogP contribution in [0.15, 0.2) is 51.7 Å². The molecular weight excluding hydrogens is 482 g/mol. The molecule has 0 N–H and O–H groups in total.